The van der Waals surface area contributed by atoms with E-state index >= 15 is 0 Å². The van der Waals surface area contributed by atoms with Gasteiger partial charge in [-0.2, -0.15) is 9.29 Å². The van der Waals surface area contributed by atoms with Gasteiger partial charge in [-0.1, -0.05) is 186 Å². The Labute approximate surface area is 440 Å². The molecule has 2 rings (SSSR count). The van der Waals surface area contributed by atoms with Crippen LogP contribution in [0.1, 0.15) is 207 Å². The van der Waals surface area contributed by atoms with Crippen molar-refractivity contribution >= 4 is 33.4 Å². The van der Waals surface area contributed by atoms with E-state index in [1.54, 1.807) is 12.2 Å². The zero-order valence-corrected chi connectivity index (χ0v) is 46.5. The second-order valence-electron chi connectivity index (χ2n) is 19.8. The number of nitrogens with two attached hydrogens (primary N) is 1. The molecular formula is C53H93N3O16P2. The highest BCUT2D eigenvalue weighted by atomic mass is 31.3. The smallest absolute Gasteiger partial charge is 0.462 e. The molecule has 0 radical (unpaired) electrons. The van der Waals surface area contributed by atoms with E-state index in [4.69, 9.17) is 29.0 Å². The van der Waals surface area contributed by atoms with Gasteiger partial charge in [0.2, 0.25) is 0 Å². The predicted molar refractivity (Wildman–Crippen MR) is 286 cm³/mol. The fourth-order valence-electron chi connectivity index (χ4n) is 8.21. The molecule has 0 aliphatic carbocycles. The predicted octanol–water partition coefficient (Wildman–Crippen LogP) is 10.8. The van der Waals surface area contributed by atoms with Crippen molar-refractivity contribution in [2.75, 3.05) is 25.6 Å². The maximum Gasteiger partial charge on any atom is 0.481 e. The molecule has 0 aromatic carbocycles. The molecule has 1 saturated heterocycles. The number of ether oxygens (including phenoxy) is 3. The van der Waals surface area contributed by atoms with E-state index in [0.29, 0.717) is 6.42 Å². The van der Waals surface area contributed by atoms with Crippen molar-refractivity contribution in [3.63, 3.8) is 0 Å². The van der Waals surface area contributed by atoms with Crippen LogP contribution in [-0.4, -0.2) is 96.9 Å². The van der Waals surface area contributed by atoms with Crippen LogP contribution in [0.2, 0.25) is 0 Å². The highest BCUT2D eigenvalue weighted by molar-refractivity contribution is 7.61. The Balaban J connectivity index is 1.82. The summed E-state index contributed by atoms with van der Waals surface area (Å²) in [6.07, 6.45) is 32.5. The number of aromatic nitrogens is 2. The number of hydrogen-bond acceptors (Lipinski definition) is 16. The third kappa shape index (κ3) is 33.2. The fourth-order valence-corrected chi connectivity index (χ4v) is 10.3. The summed E-state index contributed by atoms with van der Waals surface area (Å²) in [5, 5.41) is 31.3. The van der Waals surface area contributed by atoms with Crippen LogP contribution in [0.25, 0.3) is 0 Å². The van der Waals surface area contributed by atoms with Crippen molar-refractivity contribution in [3.05, 3.63) is 59.2 Å². The third-order valence-corrected chi connectivity index (χ3v) is 15.1. The molecule has 1 aliphatic rings. The summed E-state index contributed by atoms with van der Waals surface area (Å²) in [7, 11) is -10.9. The minimum atomic E-state index is -5.46. The number of aliphatic hydroxyl groups excluding tert-OH is 3. The van der Waals surface area contributed by atoms with Gasteiger partial charge in [-0.15, -0.1) is 0 Å². The Morgan fingerprint density at radius 2 is 1.32 bits per heavy atom. The number of anilines is 1. The van der Waals surface area contributed by atoms with E-state index in [9.17, 15) is 48.6 Å². The van der Waals surface area contributed by atoms with E-state index in [0.717, 1.165) is 55.2 Å². The van der Waals surface area contributed by atoms with Crippen molar-refractivity contribution in [1.82, 2.24) is 9.55 Å². The van der Waals surface area contributed by atoms with Gasteiger partial charge in [0.1, 0.15) is 30.7 Å². The van der Waals surface area contributed by atoms with Crippen LogP contribution < -0.4 is 11.4 Å². The average molecular weight is 1090 g/mol. The molecule has 426 valence electrons. The first-order valence-electron chi connectivity index (χ1n) is 27.5. The number of rotatable bonds is 45. The lowest BCUT2D eigenvalue weighted by atomic mass is 10.0. The number of nitrogens with zero attached hydrogens (tertiary/aromatic N) is 2. The van der Waals surface area contributed by atoms with Crippen LogP contribution >= 0.6 is 15.6 Å². The number of esters is 2. The third-order valence-electron chi connectivity index (χ3n) is 12.5. The first-order valence-corrected chi connectivity index (χ1v) is 30.5. The summed E-state index contributed by atoms with van der Waals surface area (Å²) in [4.78, 5) is 62.1. The molecular weight excluding hydrogens is 997 g/mol. The van der Waals surface area contributed by atoms with Gasteiger partial charge in [-0.25, -0.2) is 13.9 Å². The van der Waals surface area contributed by atoms with Gasteiger partial charge < -0.3 is 45.1 Å². The number of allylic oxidation sites excluding steroid dienone is 5. The molecule has 0 bridgehead atoms. The second-order valence-corrected chi connectivity index (χ2v) is 22.8. The van der Waals surface area contributed by atoms with E-state index in [2.05, 4.69) is 42.2 Å². The molecule has 0 amide bonds. The summed E-state index contributed by atoms with van der Waals surface area (Å²) in [5.74, 6) is -0.700. The number of nitrogen functional groups attached to an aromatic ring is 1. The Bertz CT molecular complexity index is 1910. The van der Waals surface area contributed by atoms with E-state index in [1.165, 1.54) is 115 Å². The minimum Gasteiger partial charge on any atom is -0.462 e. The second kappa shape index (κ2) is 40.2. The van der Waals surface area contributed by atoms with Gasteiger partial charge in [0.25, 0.3) is 0 Å². The van der Waals surface area contributed by atoms with Gasteiger partial charge in [-0.05, 0) is 50.5 Å². The highest BCUT2D eigenvalue weighted by Gasteiger charge is 2.46. The summed E-state index contributed by atoms with van der Waals surface area (Å²) in [5.41, 5.74) is 4.58. The van der Waals surface area contributed by atoms with Crippen molar-refractivity contribution in [2.45, 2.75) is 237 Å². The topological polar surface area (TPSA) is 286 Å². The Hall–Kier alpha value is -3.06. The molecule has 1 aromatic heterocycles. The molecule has 8 atom stereocenters. The normalized spacial score (nSPS) is 19.6. The zero-order valence-electron chi connectivity index (χ0n) is 44.7. The van der Waals surface area contributed by atoms with Crippen molar-refractivity contribution in [2.24, 2.45) is 5.92 Å². The van der Waals surface area contributed by atoms with Gasteiger partial charge in [0.15, 0.2) is 12.3 Å². The summed E-state index contributed by atoms with van der Waals surface area (Å²) in [6, 6.07) is 1.24. The molecule has 0 saturated carbocycles. The quantitative estimate of drug-likeness (QED) is 0.0116. The molecule has 1 aromatic rings. The maximum absolute atomic E-state index is 12.9. The Morgan fingerprint density at radius 1 is 0.743 bits per heavy atom. The molecule has 19 nitrogen and oxygen atoms in total. The number of aliphatic hydroxyl groups is 3. The molecule has 3 unspecified atom stereocenters. The standard InChI is InChI=1S/C53H93N3O16P2/c1-4-5-6-7-8-9-10-14-18-21-24-27-30-34-44(57)35-32-37-48(58)67-40-45(70-49(59)36-31-28-25-22-19-16-13-11-12-15-17-20-23-26-29-33-43(2)3)41-68-73(63,64)72-74(65,66)69-42-46-50(60)51(61)52(71-46)56-39-38-47(54)55-53(56)62/h14,18,24,27,30,34,38-39,43-46,50-52,57,60-61H,4-13,15-17,19-23,25-26,28-29,31-33,35-37,40-42H2,1-3H3,(H,63,64)(H,65,66)(H2,54,55,62)/b18-14+,27-24+,34-30+/t44?,45-,46-,50-,51-,52-/m1/s1. The first-order chi connectivity index (χ1) is 35.4. The number of carbonyl (C=O) groups excluding carboxylic acids is 2. The van der Waals surface area contributed by atoms with Crippen LogP contribution in [-0.2, 0) is 46.3 Å². The van der Waals surface area contributed by atoms with Gasteiger partial charge in [0, 0.05) is 19.0 Å². The van der Waals surface area contributed by atoms with Crippen LogP contribution in [0.4, 0.5) is 5.82 Å². The first kappa shape index (κ1) is 67.1. The summed E-state index contributed by atoms with van der Waals surface area (Å²) in [6.45, 7) is 4.31. The monoisotopic (exact) mass is 1090 g/mol. The number of phosphoric ester groups is 2. The average Bonchev–Trinajstić information content (AvgIpc) is 3.62. The van der Waals surface area contributed by atoms with Crippen LogP contribution in [0.3, 0.4) is 0 Å². The van der Waals surface area contributed by atoms with Gasteiger partial charge >= 0.3 is 33.3 Å². The molecule has 7 N–H and O–H groups in total. The largest absolute Gasteiger partial charge is 0.481 e. The number of phosphoric acid groups is 2. The molecule has 1 aliphatic heterocycles. The lowest BCUT2D eigenvalue weighted by Crippen LogP contribution is -2.36. The van der Waals surface area contributed by atoms with E-state index in [-0.39, 0.29) is 31.5 Å². The molecule has 1 fully saturated rings. The number of carbonyl (C=O) groups is 2. The molecule has 0 spiro atoms. The van der Waals surface area contributed by atoms with Gasteiger partial charge in [-0.3, -0.25) is 23.2 Å². The van der Waals surface area contributed by atoms with E-state index in [1.807, 2.05) is 12.2 Å². The lowest BCUT2D eigenvalue weighted by Gasteiger charge is -2.21. The van der Waals surface area contributed by atoms with Crippen molar-refractivity contribution in [1.29, 1.82) is 0 Å². The number of hydrogen-bond donors (Lipinski definition) is 6. The van der Waals surface area contributed by atoms with Crippen molar-refractivity contribution in [3.8, 4) is 0 Å². The molecule has 21 heteroatoms. The van der Waals surface area contributed by atoms with Crippen molar-refractivity contribution < 1.29 is 71.4 Å². The fraction of sp³-hybridized carbons (Fsp3) is 0.774. The maximum atomic E-state index is 12.9. The Morgan fingerprint density at radius 3 is 1.95 bits per heavy atom. The van der Waals surface area contributed by atoms with Crippen LogP contribution in [0.15, 0.2) is 53.5 Å². The van der Waals surface area contributed by atoms with Crippen LogP contribution in [0, 0.1) is 5.92 Å². The highest BCUT2D eigenvalue weighted by Crippen LogP contribution is 2.60. The zero-order chi connectivity index (χ0) is 54.5. The summed E-state index contributed by atoms with van der Waals surface area (Å²) < 4.78 is 56.8. The summed E-state index contributed by atoms with van der Waals surface area (Å²) >= 11 is 0. The lowest BCUT2D eigenvalue weighted by molar-refractivity contribution is -0.161. The van der Waals surface area contributed by atoms with E-state index < -0.39 is 89.8 Å². The SMILES string of the molecule is CCCCCCCC/C=C/C/C=C/C=C/C(O)CCCC(=O)OC[C@H](COP(=O)(O)OP(=O)(O)OC[C@H]1O[C@@H](n2ccc(N)nc2=O)[C@H](O)[C@@H]1O)OC(=O)CCCCCCCCCCCCCCCCCC(C)C. The van der Waals surface area contributed by atoms with Crippen LogP contribution in [0.5, 0.6) is 0 Å². The molecule has 74 heavy (non-hydrogen) atoms. The Kier molecular flexibility index (Phi) is 36.4. The number of unbranched alkanes of at least 4 members (excludes halogenated alkanes) is 20. The minimum absolute atomic E-state index is 0.0137. The van der Waals surface area contributed by atoms with Gasteiger partial charge in [0.05, 0.1) is 19.3 Å². The molecule has 2 heterocycles.